The van der Waals surface area contributed by atoms with Gasteiger partial charge in [-0.05, 0) is 30.3 Å². The molecule has 9 heteroatoms. The van der Waals surface area contributed by atoms with Crippen LogP contribution < -0.4 is 18.9 Å². The van der Waals surface area contributed by atoms with Gasteiger partial charge in [0.05, 0.1) is 26.9 Å². The lowest BCUT2D eigenvalue weighted by Crippen LogP contribution is -1.99. The van der Waals surface area contributed by atoms with Crippen LogP contribution in [0.3, 0.4) is 0 Å². The summed E-state index contributed by atoms with van der Waals surface area (Å²) in [5, 5.41) is 13.0. The summed E-state index contributed by atoms with van der Waals surface area (Å²) >= 11 is 0. The molecule has 3 rings (SSSR count). The second-order valence-electron chi connectivity index (χ2n) is 5.55. The molecule has 0 spiro atoms. The van der Waals surface area contributed by atoms with E-state index in [1.165, 1.54) is 33.5 Å². The van der Waals surface area contributed by atoms with E-state index >= 15 is 0 Å². The summed E-state index contributed by atoms with van der Waals surface area (Å²) in [4.78, 5) is 15.3. The lowest BCUT2D eigenvalue weighted by atomic mass is 10.1. The molecule has 2 aromatic carbocycles. The number of aromatic carboxylic acids is 1. The molecule has 1 aromatic heterocycles. The van der Waals surface area contributed by atoms with Crippen molar-refractivity contribution in [2.24, 2.45) is 0 Å². The Morgan fingerprint density at radius 1 is 1.07 bits per heavy atom. The summed E-state index contributed by atoms with van der Waals surface area (Å²) in [7, 11) is 4.55. The lowest BCUT2D eigenvalue weighted by molar-refractivity contribution is 0.0696. The van der Waals surface area contributed by atoms with Crippen LogP contribution in [0.5, 0.6) is 23.0 Å². The van der Waals surface area contributed by atoms with Crippen molar-refractivity contribution in [2.45, 2.75) is 6.61 Å². The van der Waals surface area contributed by atoms with Crippen LogP contribution in [0.1, 0.15) is 16.2 Å². The zero-order valence-corrected chi connectivity index (χ0v) is 15.5. The minimum atomic E-state index is -1.03. The number of carboxylic acid groups (broad SMARTS) is 1. The molecule has 0 atom stereocenters. The summed E-state index contributed by atoms with van der Waals surface area (Å²) in [5.41, 5.74) is 0.735. The van der Waals surface area contributed by atoms with Crippen LogP contribution in [0.25, 0.3) is 11.4 Å². The number of aromatic nitrogens is 2. The largest absolute Gasteiger partial charge is 0.493 e. The monoisotopic (exact) mass is 386 g/mol. The molecule has 0 bridgehead atoms. The number of benzene rings is 2. The van der Waals surface area contributed by atoms with E-state index < -0.39 is 5.97 Å². The van der Waals surface area contributed by atoms with E-state index in [0.717, 1.165) is 0 Å². The number of carboxylic acids is 1. The van der Waals surface area contributed by atoms with Crippen molar-refractivity contribution < 1.29 is 33.4 Å². The minimum absolute atomic E-state index is 0.0134. The number of nitrogens with zero attached hydrogens (tertiary/aromatic N) is 2. The Bertz CT molecular complexity index is 959. The molecule has 1 heterocycles. The van der Waals surface area contributed by atoms with E-state index in [-0.39, 0.29) is 18.1 Å². The molecule has 1 N–H and O–H groups in total. The Labute approximate surface area is 160 Å². The number of ether oxygens (including phenoxy) is 4. The average Bonchev–Trinajstić information content (AvgIpc) is 3.20. The van der Waals surface area contributed by atoms with Crippen molar-refractivity contribution in [2.75, 3.05) is 21.3 Å². The van der Waals surface area contributed by atoms with E-state index in [9.17, 15) is 4.79 Å². The van der Waals surface area contributed by atoms with Crippen LogP contribution in [0.15, 0.2) is 40.9 Å². The molecule has 9 nitrogen and oxygen atoms in total. The first kappa shape index (κ1) is 19.0. The van der Waals surface area contributed by atoms with Crippen LogP contribution >= 0.6 is 0 Å². The molecular weight excluding hydrogens is 368 g/mol. The third-order valence-electron chi connectivity index (χ3n) is 3.83. The predicted molar refractivity (Wildman–Crippen MR) is 97.1 cm³/mol. The first-order valence-electron chi connectivity index (χ1n) is 8.14. The van der Waals surface area contributed by atoms with Gasteiger partial charge >= 0.3 is 5.97 Å². The highest BCUT2D eigenvalue weighted by molar-refractivity contribution is 5.88. The van der Waals surface area contributed by atoms with E-state index in [1.807, 2.05) is 0 Å². The van der Waals surface area contributed by atoms with E-state index in [4.69, 9.17) is 28.6 Å². The molecular formula is C19H18N2O7. The second kappa shape index (κ2) is 8.30. The maximum Gasteiger partial charge on any atom is 0.335 e. The normalized spacial score (nSPS) is 10.4. The molecule has 0 saturated carbocycles. The molecule has 0 aliphatic rings. The van der Waals surface area contributed by atoms with Crippen molar-refractivity contribution in [3.8, 4) is 34.4 Å². The molecule has 0 unspecified atom stereocenters. The molecule has 0 radical (unpaired) electrons. The van der Waals surface area contributed by atoms with Crippen LogP contribution in [0.4, 0.5) is 0 Å². The van der Waals surface area contributed by atoms with Crippen molar-refractivity contribution in [3.63, 3.8) is 0 Å². The van der Waals surface area contributed by atoms with Gasteiger partial charge in [-0.15, -0.1) is 0 Å². The highest BCUT2D eigenvalue weighted by Crippen LogP contribution is 2.40. The maximum atomic E-state index is 11.0. The van der Waals surface area contributed by atoms with E-state index in [0.29, 0.717) is 34.4 Å². The van der Waals surface area contributed by atoms with E-state index in [1.54, 1.807) is 24.3 Å². The first-order chi connectivity index (χ1) is 13.5. The molecule has 3 aromatic rings. The smallest absolute Gasteiger partial charge is 0.335 e. The molecule has 28 heavy (non-hydrogen) atoms. The zero-order valence-electron chi connectivity index (χ0n) is 15.5. The average molecular weight is 386 g/mol. The molecule has 0 fully saturated rings. The number of hydrogen-bond acceptors (Lipinski definition) is 8. The van der Waals surface area contributed by atoms with Gasteiger partial charge in [-0.3, -0.25) is 0 Å². The summed E-state index contributed by atoms with van der Waals surface area (Å²) < 4.78 is 26.7. The number of carbonyl (C=O) groups is 1. The number of rotatable bonds is 8. The first-order valence-corrected chi connectivity index (χ1v) is 8.14. The van der Waals surface area contributed by atoms with Gasteiger partial charge in [-0.25, -0.2) is 4.79 Å². The predicted octanol–water partition coefficient (Wildman–Crippen LogP) is 3.04. The van der Waals surface area contributed by atoms with Gasteiger partial charge in [0, 0.05) is 5.56 Å². The standard InChI is InChI=1S/C19H18N2O7/c1-24-14-8-12(9-15(25-2)17(14)26-3)18-20-16(28-21-18)10-27-13-6-4-5-11(7-13)19(22)23/h4-9H,10H2,1-3H3,(H,22,23). The van der Waals surface area contributed by atoms with Gasteiger partial charge in [0.25, 0.3) is 5.89 Å². The zero-order chi connectivity index (χ0) is 20.1. The quantitative estimate of drug-likeness (QED) is 0.624. The van der Waals surface area contributed by atoms with Gasteiger partial charge in [0.2, 0.25) is 11.6 Å². The van der Waals surface area contributed by atoms with Crippen LogP contribution in [0, 0.1) is 0 Å². The maximum absolute atomic E-state index is 11.0. The van der Waals surface area contributed by atoms with E-state index in [2.05, 4.69) is 10.1 Å². The van der Waals surface area contributed by atoms with Gasteiger partial charge in [-0.2, -0.15) is 4.98 Å². The summed E-state index contributed by atoms with van der Waals surface area (Å²) in [5.74, 6) is 1.27. The fourth-order valence-electron chi connectivity index (χ4n) is 2.50. The Morgan fingerprint density at radius 3 is 2.39 bits per heavy atom. The Kier molecular flexibility index (Phi) is 5.64. The second-order valence-corrected chi connectivity index (χ2v) is 5.55. The fourth-order valence-corrected chi connectivity index (χ4v) is 2.50. The van der Waals surface area contributed by atoms with Gasteiger partial charge in [-0.1, -0.05) is 11.2 Å². The highest BCUT2D eigenvalue weighted by atomic mass is 16.5. The minimum Gasteiger partial charge on any atom is -0.493 e. The van der Waals surface area contributed by atoms with Gasteiger partial charge in [0.15, 0.2) is 18.1 Å². The SMILES string of the molecule is COc1cc(-c2noc(COc3cccc(C(=O)O)c3)n2)cc(OC)c1OC. The van der Waals surface area contributed by atoms with Crippen LogP contribution in [-0.2, 0) is 6.61 Å². The fraction of sp³-hybridized carbons (Fsp3) is 0.211. The topological polar surface area (TPSA) is 113 Å². The Hall–Kier alpha value is -3.75. The van der Waals surface area contributed by atoms with Crippen molar-refractivity contribution >= 4 is 5.97 Å². The summed E-state index contributed by atoms with van der Waals surface area (Å²) in [6, 6.07) is 9.53. The lowest BCUT2D eigenvalue weighted by Gasteiger charge is -2.12. The summed E-state index contributed by atoms with van der Waals surface area (Å²) in [6.07, 6.45) is 0. The molecule has 0 amide bonds. The van der Waals surface area contributed by atoms with Crippen molar-refractivity contribution in [1.82, 2.24) is 10.1 Å². The van der Waals surface area contributed by atoms with Crippen molar-refractivity contribution in [3.05, 3.63) is 47.9 Å². The third kappa shape index (κ3) is 3.98. The molecule has 0 saturated heterocycles. The number of hydrogen-bond donors (Lipinski definition) is 1. The highest BCUT2D eigenvalue weighted by Gasteiger charge is 2.17. The summed E-state index contributed by atoms with van der Waals surface area (Å²) in [6.45, 7) is -0.0134. The Balaban J connectivity index is 1.79. The Morgan fingerprint density at radius 2 is 1.79 bits per heavy atom. The molecule has 0 aliphatic heterocycles. The van der Waals surface area contributed by atoms with Crippen LogP contribution in [-0.4, -0.2) is 42.5 Å². The van der Waals surface area contributed by atoms with Gasteiger partial charge in [0.1, 0.15) is 5.75 Å². The molecule has 0 aliphatic carbocycles. The van der Waals surface area contributed by atoms with Gasteiger partial charge < -0.3 is 28.6 Å². The third-order valence-corrected chi connectivity index (χ3v) is 3.83. The van der Waals surface area contributed by atoms with Crippen LogP contribution in [0.2, 0.25) is 0 Å². The number of methoxy groups -OCH3 is 3. The molecule has 146 valence electrons. The van der Waals surface area contributed by atoms with Crippen molar-refractivity contribution in [1.29, 1.82) is 0 Å².